The first-order chi connectivity index (χ1) is 9.05. The van der Waals surface area contributed by atoms with Crippen LogP contribution in [0.4, 0.5) is 0 Å². The van der Waals surface area contributed by atoms with E-state index in [4.69, 9.17) is 4.74 Å². The SMILES string of the molecule is COC(=O)C1CCN(S(=O)(=O)N2CCCCC2)CC1. The Morgan fingerprint density at radius 2 is 1.53 bits per heavy atom. The number of piperidine rings is 2. The van der Waals surface area contributed by atoms with Gasteiger partial charge in [-0.15, -0.1) is 0 Å². The van der Waals surface area contributed by atoms with Crippen LogP contribution in [0.3, 0.4) is 0 Å². The number of rotatable bonds is 3. The zero-order valence-electron chi connectivity index (χ0n) is 11.4. The molecule has 0 aliphatic carbocycles. The van der Waals surface area contributed by atoms with Gasteiger partial charge in [0, 0.05) is 26.2 Å². The third-order valence-corrected chi connectivity index (χ3v) is 5.99. The summed E-state index contributed by atoms with van der Waals surface area (Å²) in [6.07, 6.45) is 4.10. The zero-order valence-corrected chi connectivity index (χ0v) is 12.2. The minimum atomic E-state index is -3.33. The van der Waals surface area contributed by atoms with Crippen LogP contribution < -0.4 is 0 Å². The van der Waals surface area contributed by atoms with Gasteiger partial charge in [0.2, 0.25) is 0 Å². The number of hydrogen-bond donors (Lipinski definition) is 0. The summed E-state index contributed by atoms with van der Waals surface area (Å²) in [6, 6.07) is 0. The van der Waals surface area contributed by atoms with E-state index >= 15 is 0 Å². The summed E-state index contributed by atoms with van der Waals surface area (Å²) in [6.45, 7) is 2.08. The normalized spacial score (nSPS) is 24.3. The van der Waals surface area contributed by atoms with E-state index in [0.29, 0.717) is 39.0 Å². The standard InChI is InChI=1S/C12H22N2O4S/c1-18-12(15)11-5-9-14(10-6-11)19(16,17)13-7-3-2-4-8-13/h11H,2-10H2,1H3. The highest BCUT2D eigenvalue weighted by Gasteiger charge is 2.35. The van der Waals surface area contributed by atoms with Gasteiger partial charge in [0.25, 0.3) is 10.2 Å². The quantitative estimate of drug-likeness (QED) is 0.714. The molecule has 2 saturated heterocycles. The molecule has 0 amide bonds. The van der Waals surface area contributed by atoms with Gasteiger partial charge >= 0.3 is 5.97 Å². The number of carbonyl (C=O) groups is 1. The van der Waals surface area contributed by atoms with Crippen molar-refractivity contribution in [1.29, 1.82) is 0 Å². The molecule has 2 heterocycles. The van der Waals surface area contributed by atoms with E-state index in [9.17, 15) is 13.2 Å². The Labute approximate surface area is 114 Å². The van der Waals surface area contributed by atoms with Gasteiger partial charge in [-0.3, -0.25) is 4.79 Å². The minimum absolute atomic E-state index is 0.155. The third kappa shape index (κ3) is 3.27. The maximum Gasteiger partial charge on any atom is 0.308 e. The third-order valence-electron chi connectivity index (χ3n) is 3.96. The van der Waals surface area contributed by atoms with Crippen molar-refractivity contribution >= 4 is 16.2 Å². The number of nitrogens with zero attached hydrogens (tertiary/aromatic N) is 2. The molecule has 2 aliphatic heterocycles. The Bertz CT molecular complexity index is 409. The first kappa shape index (κ1) is 14.7. The molecular formula is C12H22N2O4S. The second-order valence-corrected chi connectivity index (χ2v) is 7.09. The molecule has 19 heavy (non-hydrogen) atoms. The lowest BCUT2D eigenvalue weighted by Gasteiger charge is -2.35. The van der Waals surface area contributed by atoms with E-state index in [0.717, 1.165) is 19.3 Å². The number of ether oxygens (including phenoxy) is 1. The molecule has 7 heteroatoms. The number of esters is 1. The van der Waals surface area contributed by atoms with Gasteiger partial charge in [-0.2, -0.15) is 17.0 Å². The van der Waals surface area contributed by atoms with E-state index in [-0.39, 0.29) is 11.9 Å². The first-order valence-corrected chi connectivity index (χ1v) is 8.28. The minimum Gasteiger partial charge on any atom is -0.469 e. The molecule has 0 N–H and O–H groups in total. The Morgan fingerprint density at radius 3 is 2.05 bits per heavy atom. The van der Waals surface area contributed by atoms with E-state index in [1.165, 1.54) is 11.4 Å². The lowest BCUT2D eigenvalue weighted by atomic mass is 9.99. The summed E-state index contributed by atoms with van der Waals surface area (Å²) in [4.78, 5) is 11.4. The van der Waals surface area contributed by atoms with Crippen molar-refractivity contribution in [3.63, 3.8) is 0 Å². The van der Waals surface area contributed by atoms with Crippen LogP contribution in [0.5, 0.6) is 0 Å². The fourth-order valence-corrected chi connectivity index (χ4v) is 4.47. The molecule has 0 radical (unpaired) electrons. The zero-order chi connectivity index (χ0) is 13.9. The predicted octanol–water partition coefficient (Wildman–Crippen LogP) is 0.602. The monoisotopic (exact) mass is 290 g/mol. The smallest absolute Gasteiger partial charge is 0.308 e. The average molecular weight is 290 g/mol. The predicted molar refractivity (Wildman–Crippen MR) is 70.7 cm³/mol. The van der Waals surface area contributed by atoms with Gasteiger partial charge < -0.3 is 4.74 Å². The van der Waals surface area contributed by atoms with Crippen LogP contribution in [0.2, 0.25) is 0 Å². The first-order valence-electron chi connectivity index (χ1n) is 6.89. The van der Waals surface area contributed by atoms with Gasteiger partial charge in [0.15, 0.2) is 0 Å². The maximum absolute atomic E-state index is 12.4. The Balaban J connectivity index is 1.94. The van der Waals surface area contributed by atoms with Gasteiger partial charge in [0.05, 0.1) is 13.0 Å². The Hall–Kier alpha value is -0.660. The van der Waals surface area contributed by atoms with Crippen molar-refractivity contribution in [1.82, 2.24) is 8.61 Å². The highest BCUT2D eigenvalue weighted by molar-refractivity contribution is 7.86. The van der Waals surface area contributed by atoms with Crippen LogP contribution in [0.1, 0.15) is 32.1 Å². The molecule has 0 spiro atoms. The van der Waals surface area contributed by atoms with Gasteiger partial charge in [-0.05, 0) is 25.7 Å². The lowest BCUT2D eigenvalue weighted by molar-refractivity contribution is -0.146. The largest absolute Gasteiger partial charge is 0.469 e. The fourth-order valence-electron chi connectivity index (χ4n) is 2.75. The summed E-state index contributed by atoms with van der Waals surface area (Å²) in [7, 11) is -1.95. The maximum atomic E-state index is 12.4. The molecule has 0 aromatic rings. The molecule has 0 saturated carbocycles. The molecule has 0 aromatic heterocycles. The van der Waals surface area contributed by atoms with Crippen LogP contribution in [-0.4, -0.2) is 56.3 Å². The molecular weight excluding hydrogens is 268 g/mol. The molecule has 2 fully saturated rings. The van der Waals surface area contributed by atoms with Crippen LogP contribution >= 0.6 is 0 Å². The number of carbonyl (C=O) groups excluding carboxylic acids is 1. The van der Waals surface area contributed by atoms with Gasteiger partial charge in [0.1, 0.15) is 0 Å². The Kier molecular flexibility index (Phi) is 4.81. The molecule has 2 rings (SSSR count). The molecule has 6 nitrogen and oxygen atoms in total. The van der Waals surface area contributed by atoms with Crippen molar-refractivity contribution < 1.29 is 17.9 Å². The summed E-state index contributed by atoms with van der Waals surface area (Å²) < 4.78 is 32.6. The number of methoxy groups -OCH3 is 1. The fraction of sp³-hybridized carbons (Fsp3) is 0.917. The second-order valence-electron chi connectivity index (χ2n) is 5.16. The molecule has 0 aromatic carbocycles. The van der Waals surface area contributed by atoms with Crippen molar-refractivity contribution in [3.8, 4) is 0 Å². The molecule has 110 valence electrons. The van der Waals surface area contributed by atoms with Crippen molar-refractivity contribution in [2.45, 2.75) is 32.1 Å². The van der Waals surface area contributed by atoms with Crippen LogP contribution in [0.15, 0.2) is 0 Å². The molecule has 0 atom stereocenters. The van der Waals surface area contributed by atoms with Crippen molar-refractivity contribution in [2.75, 3.05) is 33.3 Å². The highest BCUT2D eigenvalue weighted by Crippen LogP contribution is 2.24. The number of hydrogen-bond acceptors (Lipinski definition) is 4. The highest BCUT2D eigenvalue weighted by atomic mass is 32.2. The summed E-state index contributed by atoms with van der Waals surface area (Å²) in [5, 5.41) is 0. The lowest BCUT2D eigenvalue weighted by Crippen LogP contribution is -2.49. The molecule has 0 unspecified atom stereocenters. The average Bonchev–Trinajstić information content (AvgIpc) is 2.47. The summed E-state index contributed by atoms with van der Waals surface area (Å²) in [5.41, 5.74) is 0. The molecule has 0 bridgehead atoms. The van der Waals surface area contributed by atoms with E-state index < -0.39 is 10.2 Å². The van der Waals surface area contributed by atoms with Gasteiger partial charge in [-0.1, -0.05) is 6.42 Å². The van der Waals surface area contributed by atoms with E-state index in [2.05, 4.69) is 0 Å². The van der Waals surface area contributed by atoms with Crippen LogP contribution in [0, 0.1) is 5.92 Å². The topological polar surface area (TPSA) is 66.9 Å². The van der Waals surface area contributed by atoms with E-state index in [1.807, 2.05) is 0 Å². The van der Waals surface area contributed by atoms with Gasteiger partial charge in [-0.25, -0.2) is 0 Å². The van der Waals surface area contributed by atoms with Crippen LogP contribution in [0.25, 0.3) is 0 Å². The summed E-state index contributed by atoms with van der Waals surface area (Å²) >= 11 is 0. The summed E-state index contributed by atoms with van der Waals surface area (Å²) in [5.74, 6) is -0.382. The van der Waals surface area contributed by atoms with E-state index in [1.54, 1.807) is 4.31 Å². The molecule has 2 aliphatic rings. The van der Waals surface area contributed by atoms with Crippen molar-refractivity contribution in [2.24, 2.45) is 5.92 Å². The second kappa shape index (κ2) is 6.19. The van der Waals surface area contributed by atoms with Crippen LogP contribution in [-0.2, 0) is 19.7 Å². The van der Waals surface area contributed by atoms with Crippen molar-refractivity contribution in [3.05, 3.63) is 0 Å². The Morgan fingerprint density at radius 1 is 1.00 bits per heavy atom.